The molecule has 0 radical (unpaired) electrons. The molecule has 0 heterocycles. The van der Waals surface area contributed by atoms with E-state index in [1.807, 2.05) is 31.2 Å². The molecule has 0 aliphatic rings. The summed E-state index contributed by atoms with van der Waals surface area (Å²) >= 11 is 0. The van der Waals surface area contributed by atoms with Gasteiger partial charge in [0, 0.05) is 18.8 Å². The molecule has 0 aliphatic carbocycles. The zero-order chi connectivity index (χ0) is 11.8. The molecule has 1 amide bonds. The van der Waals surface area contributed by atoms with Crippen molar-refractivity contribution in [3.05, 3.63) is 29.8 Å². The van der Waals surface area contributed by atoms with Crippen LogP contribution in [0.5, 0.6) is 0 Å². The van der Waals surface area contributed by atoms with Crippen molar-refractivity contribution in [2.24, 2.45) is 0 Å². The Morgan fingerprint density at radius 2 is 1.81 bits per heavy atom. The maximum atomic E-state index is 11.8. The zero-order valence-corrected chi connectivity index (χ0v) is 10.0. The van der Waals surface area contributed by atoms with Gasteiger partial charge in [0.2, 0.25) is 0 Å². The van der Waals surface area contributed by atoms with Gasteiger partial charge in [0.25, 0.3) is 5.91 Å². The summed E-state index contributed by atoms with van der Waals surface area (Å²) in [6.07, 6.45) is 2.00. The van der Waals surface area contributed by atoms with Crippen LogP contribution < -0.4 is 10.6 Å². The summed E-state index contributed by atoms with van der Waals surface area (Å²) in [4.78, 5) is 11.8. The molecule has 3 nitrogen and oxygen atoms in total. The van der Waals surface area contributed by atoms with Crippen LogP contribution in [-0.2, 0) is 0 Å². The molecule has 0 saturated heterocycles. The van der Waals surface area contributed by atoms with Crippen molar-refractivity contribution in [1.82, 2.24) is 5.32 Å². The van der Waals surface area contributed by atoms with E-state index in [-0.39, 0.29) is 5.91 Å². The topological polar surface area (TPSA) is 41.1 Å². The van der Waals surface area contributed by atoms with Gasteiger partial charge in [0.1, 0.15) is 0 Å². The largest absolute Gasteiger partial charge is 0.384 e. The van der Waals surface area contributed by atoms with E-state index in [2.05, 4.69) is 17.6 Å². The Hall–Kier alpha value is -1.51. The number of nitrogens with one attached hydrogen (secondary N) is 2. The molecule has 2 N–H and O–H groups in total. The molecule has 1 aromatic rings. The average molecular weight is 220 g/mol. The third-order valence-electron chi connectivity index (χ3n) is 2.27. The van der Waals surface area contributed by atoms with Crippen molar-refractivity contribution in [2.75, 3.05) is 18.4 Å². The van der Waals surface area contributed by atoms with Crippen LogP contribution in [0.4, 0.5) is 5.69 Å². The second-order valence-corrected chi connectivity index (χ2v) is 3.73. The number of anilines is 1. The number of benzene rings is 1. The highest BCUT2D eigenvalue weighted by atomic mass is 16.1. The van der Waals surface area contributed by atoms with Crippen molar-refractivity contribution in [1.29, 1.82) is 0 Å². The lowest BCUT2D eigenvalue weighted by Gasteiger charge is -2.11. The summed E-state index contributed by atoms with van der Waals surface area (Å²) in [5.74, 6) is 0.000975. The quantitative estimate of drug-likeness (QED) is 0.773. The van der Waals surface area contributed by atoms with Gasteiger partial charge in [-0.1, -0.05) is 26.0 Å². The lowest BCUT2D eigenvalue weighted by atomic mass is 10.1. The summed E-state index contributed by atoms with van der Waals surface area (Å²) in [7, 11) is 0. The van der Waals surface area contributed by atoms with Gasteiger partial charge in [-0.25, -0.2) is 0 Å². The average Bonchev–Trinajstić information content (AvgIpc) is 2.33. The van der Waals surface area contributed by atoms with E-state index < -0.39 is 0 Å². The molecule has 0 spiro atoms. The molecule has 0 aliphatic heterocycles. The predicted molar refractivity (Wildman–Crippen MR) is 67.8 cm³/mol. The Morgan fingerprint density at radius 1 is 1.12 bits per heavy atom. The third-order valence-corrected chi connectivity index (χ3v) is 2.27. The van der Waals surface area contributed by atoms with Gasteiger partial charge in [0.05, 0.1) is 5.56 Å². The summed E-state index contributed by atoms with van der Waals surface area (Å²) in [6.45, 7) is 5.76. The zero-order valence-electron chi connectivity index (χ0n) is 10.0. The van der Waals surface area contributed by atoms with Crippen molar-refractivity contribution >= 4 is 11.6 Å². The van der Waals surface area contributed by atoms with E-state index in [0.29, 0.717) is 0 Å². The van der Waals surface area contributed by atoms with E-state index in [1.165, 1.54) is 0 Å². The molecule has 0 aromatic heterocycles. The molecule has 0 unspecified atom stereocenters. The fourth-order valence-corrected chi connectivity index (χ4v) is 1.43. The Bertz CT molecular complexity index is 336. The van der Waals surface area contributed by atoms with Crippen LogP contribution in [0.15, 0.2) is 24.3 Å². The molecule has 1 aromatic carbocycles. The van der Waals surface area contributed by atoms with Crippen LogP contribution in [0.1, 0.15) is 37.0 Å². The Balaban J connectivity index is 2.73. The fourth-order valence-electron chi connectivity index (χ4n) is 1.43. The van der Waals surface area contributed by atoms with Crippen molar-refractivity contribution in [3.63, 3.8) is 0 Å². The molecule has 3 heteroatoms. The van der Waals surface area contributed by atoms with Gasteiger partial charge in [-0.15, -0.1) is 0 Å². The monoisotopic (exact) mass is 220 g/mol. The lowest BCUT2D eigenvalue weighted by molar-refractivity contribution is 0.0954. The number of carbonyl (C=O) groups is 1. The Labute approximate surface area is 97.2 Å². The number of amides is 1. The van der Waals surface area contributed by atoms with Crippen LogP contribution >= 0.6 is 0 Å². The van der Waals surface area contributed by atoms with Crippen molar-refractivity contribution < 1.29 is 4.79 Å². The first-order chi connectivity index (χ1) is 7.79. The lowest BCUT2D eigenvalue weighted by Crippen LogP contribution is -2.25. The second kappa shape index (κ2) is 6.88. The maximum Gasteiger partial charge on any atom is 0.253 e. The first-order valence-electron chi connectivity index (χ1n) is 5.90. The van der Waals surface area contributed by atoms with Crippen LogP contribution in [0.2, 0.25) is 0 Å². The summed E-state index contributed by atoms with van der Waals surface area (Å²) in [6, 6.07) is 7.62. The highest BCUT2D eigenvalue weighted by molar-refractivity contribution is 5.99. The molecule has 0 fully saturated rings. The van der Waals surface area contributed by atoms with Crippen LogP contribution in [0.3, 0.4) is 0 Å². The highest BCUT2D eigenvalue weighted by Crippen LogP contribution is 2.14. The minimum absolute atomic E-state index is 0.000975. The first-order valence-corrected chi connectivity index (χ1v) is 5.90. The molecule has 1 rings (SSSR count). The predicted octanol–water partition coefficient (Wildman–Crippen LogP) is 2.65. The molecule has 0 atom stereocenters. The van der Waals surface area contributed by atoms with Gasteiger partial charge >= 0.3 is 0 Å². The summed E-state index contributed by atoms with van der Waals surface area (Å²) in [5, 5.41) is 6.15. The molecule has 88 valence electrons. The highest BCUT2D eigenvalue weighted by Gasteiger charge is 2.08. The van der Waals surface area contributed by atoms with Gasteiger partial charge in [-0.05, 0) is 25.0 Å². The molecule has 0 bridgehead atoms. The minimum Gasteiger partial charge on any atom is -0.384 e. The maximum absolute atomic E-state index is 11.8. The first kappa shape index (κ1) is 12.6. The second-order valence-electron chi connectivity index (χ2n) is 3.73. The molecule has 0 saturated carbocycles. The number of carbonyl (C=O) groups excluding carboxylic acids is 1. The Kier molecular flexibility index (Phi) is 5.40. The van der Waals surface area contributed by atoms with Gasteiger partial charge in [-0.2, -0.15) is 0 Å². The van der Waals surface area contributed by atoms with Crippen molar-refractivity contribution in [3.8, 4) is 0 Å². The summed E-state index contributed by atoms with van der Waals surface area (Å²) in [5.41, 5.74) is 1.64. The Morgan fingerprint density at radius 3 is 2.50 bits per heavy atom. The number of hydrogen-bond donors (Lipinski definition) is 2. The van der Waals surface area contributed by atoms with E-state index >= 15 is 0 Å². The minimum atomic E-state index is 0.000975. The van der Waals surface area contributed by atoms with Gasteiger partial charge in [-0.3, -0.25) is 4.79 Å². The van der Waals surface area contributed by atoms with E-state index in [4.69, 9.17) is 0 Å². The van der Waals surface area contributed by atoms with Crippen LogP contribution in [0.25, 0.3) is 0 Å². The molecule has 16 heavy (non-hydrogen) atoms. The fraction of sp³-hybridized carbons (Fsp3) is 0.462. The molecular formula is C13H20N2O. The molecular weight excluding hydrogens is 200 g/mol. The van der Waals surface area contributed by atoms with Crippen molar-refractivity contribution in [2.45, 2.75) is 26.7 Å². The smallest absolute Gasteiger partial charge is 0.253 e. The number of hydrogen-bond acceptors (Lipinski definition) is 2. The van der Waals surface area contributed by atoms with Gasteiger partial charge in [0.15, 0.2) is 0 Å². The number of rotatable bonds is 6. The standard InChI is InChI=1S/C13H20N2O/c1-3-9-14-12-8-6-5-7-11(12)13(16)15-10-4-2/h5-8,14H,3-4,9-10H2,1-2H3,(H,15,16). The number of para-hydroxylation sites is 1. The summed E-state index contributed by atoms with van der Waals surface area (Å²) < 4.78 is 0. The van der Waals surface area contributed by atoms with E-state index in [9.17, 15) is 4.79 Å². The normalized spacial score (nSPS) is 9.88. The van der Waals surface area contributed by atoms with Gasteiger partial charge < -0.3 is 10.6 Å². The van der Waals surface area contributed by atoms with E-state index in [1.54, 1.807) is 0 Å². The third kappa shape index (κ3) is 3.57. The van der Waals surface area contributed by atoms with Crippen LogP contribution in [0, 0.1) is 0 Å². The van der Waals surface area contributed by atoms with Crippen LogP contribution in [-0.4, -0.2) is 19.0 Å². The van der Waals surface area contributed by atoms with E-state index in [0.717, 1.165) is 37.2 Å². The SMILES string of the molecule is CCCNC(=O)c1ccccc1NCCC.